The first-order valence-corrected chi connectivity index (χ1v) is 10.1. The van der Waals surface area contributed by atoms with Gasteiger partial charge in [0.05, 0.1) is 6.04 Å². The number of hydrogen-bond donors (Lipinski definition) is 1. The standard InChI is InChI=1S/C24H27ClN2O3/c1-3-5-11-23(28)26-22(20-9-7-6-8-10-20)18-30-24(29)27(16-4-2)17-19-12-14-21(25)15-13-19/h3-4,6-10,12-15,22H,1-2,5,11,16-18H2,(H,26,28)/t22-/m1/s1. The normalized spacial score (nSPS) is 11.2. The van der Waals surface area contributed by atoms with Crippen molar-refractivity contribution in [1.82, 2.24) is 10.2 Å². The van der Waals surface area contributed by atoms with Gasteiger partial charge < -0.3 is 15.0 Å². The van der Waals surface area contributed by atoms with E-state index in [0.29, 0.717) is 31.0 Å². The van der Waals surface area contributed by atoms with Gasteiger partial charge in [-0.1, -0.05) is 66.2 Å². The maximum absolute atomic E-state index is 12.7. The number of rotatable bonds is 11. The van der Waals surface area contributed by atoms with E-state index in [1.165, 1.54) is 4.90 Å². The number of carbonyl (C=O) groups excluding carboxylic acids is 2. The molecule has 2 aromatic rings. The van der Waals surface area contributed by atoms with E-state index in [2.05, 4.69) is 18.5 Å². The molecule has 0 aromatic heterocycles. The fraction of sp³-hybridized carbons (Fsp3) is 0.250. The van der Waals surface area contributed by atoms with Crippen LogP contribution in [0.3, 0.4) is 0 Å². The number of nitrogens with one attached hydrogen (secondary N) is 1. The van der Waals surface area contributed by atoms with Crippen LogP contribution >= 0.6 is 11.6 Å². The van der Waals surface area contributed by atoms with E-state index in [1.807, 2.05) is 42.5 Å². The minimum Gasteiger partial charge on any atom is -0.447 e. The monoisotopic (exact) mass is 426 g/mol. The van der Waals surface area contributed by atoms with E-state index >= 15 is 0 Å². The highest BCUT2D eigenvalue weighted by Gasteiger charge is 2.20. The first-order chi connectivity index (χ1) is 14.5. The zero-order valence-corrected chi connectivity index (χ0v) is 17.7. The highest BCUT2D eigenvalue weighted by atomic mass is 35.5. The first-order valence-electron chi connectivity index (χ1n) is 9.75. The van der Waals surface area contributed by atoms with Gasteiger partial charge in [0.1, 0.15) is 6.61 Å². The van der Waals surface area contributed by atoms with Gasteiger partial charge in [-0.15, -0.1) is 13.2 Å². The number of ether oxygens (including phenoxy) is 1. The predicted octanol–water partition coefficient (Wildman–Crippen LogP) is 5.29. The van der Waals surface area contributed by atoms with Crippen molar-refractivity contribution >= 4 is 23.6 Å². The van der Waals surface area contributed by atoms with Gasteiger partial charge in [-0.2, -0.15) is 0 Å². The summed E-state index contributed by atoms with van der Waals surface area (Å²) in [4.78, 5) is 26.4. The third-order valence-electron chi connectivity index (χ3n) is 4.38. The minimum atomic E-state index is -0.480. The van der Waals surface area contributed by atoms with Gasteiger partial charge >= 0.3 is 6.09 Å². The summed E-state index contributed by atoms with van der Waals surface area (Å²) < 4.78 is 5.55. The molecular formula is C24H27ClN2O3. The molecule has 0 saturated heterocycles. The molecule has 5 nitrogen and oxygen atoms in total. The summed E-state index contributed by atoms with van der Waals surface area (Å²) in [5.74, 6) is -0.121. The SMILES string of the molecule is C=CCCC(=O)N[C@H](COC(=O)N(CC=C)Cc1ccc(Cl)cc1)c1ccccc1. The lowest BCUT2D eigenvalue weighted by Gasteiger charge is -2.24. The maximum atomic E-state index is 12.7. The van der Waals surface area contributed by atoms with Crippen LogP contribution in [0.15, 0.2) is 79.9 Å². The van der Waals surface area contributed by atoms with E-state index in [9.17, 15) is 9.59 Å². The molecule has 30 heavy (non-hydrogen) atoms. The van der Waals surface area contributed by atoms with Gasteiger partial charge in [0.2, 0.25) is 5.91 Å². The number of nitrogens with zero attached hydrogens (tertiary/aromatic N) is 1. The Labute approximate surface area is 183 Å². The van der Waals surface area contributed by atoms with Crippen molar-refractivity contribution in [3.8, 4) is 0 Å². The van der Waals surface area contributed by atoms with Crippen molar-refractivity contribution in [3.63, 3.8) is 0 Å². The molecule has 2 aromatic carbocycles. The van der Waals surface area contributed by atoms with Crippen LogP contribution in [0.2, 0.25) is 5.02 Å². The van der Waals surface area contributed by atoms with Gasteiger partial charge in [0, 0.05) is 24.5 Å². The quantitative estimate of drug-likeness (QED) is 0.497. The Bertz CT molecular complexity index is 837. The summed E-state index contributed by atoms with van der Waals surface area (Å²) in [7, 11) is 0. The third kappa shape index (κ3) is 7.76. The van der Waals surface area contributed by atoms with Crippen LogP contribution in [0.5, 0.6) is 0 Å². The molecule has 1 N–H and O–H groups in total. The molecule has 0 spiro atoms. The largest absolute Gasteiger partial charge is 0.447 e. The van der Waals surface area contributed by atoms with Crippen molar-refractivity contribution < 1.29 is 14.3 Å². The van der Waals surface area contributed by atoms with E-state index in [1.54, 1.807) is 24.3 Å². The molecule has 0 unspecified atom stereocenters. The van der Waals surface area contributed by atoms with E-state index in [0.717, 1.165) is 11.1 Å². The summed E-state index contributed by atoms with van der Waals surface area (Å²) in [6.45, 7) is 8.07. The Hall–Kier alpha value is -3.05. The highest BCUT2D eigenvalue weighted by Crippen LogP contribution is 2.16. The smallest absolute Gasteiger partial charge is 0.410 e. The number of hydrogen-bond acceptors (Lipinski definition) is 3. The van der Waals surface area contributed by atoms with Crippen molar-refractivity contribution in [1.29, 1.82) is 0 Å². The molecule has 6 heteroatoms. The highest BCUT2D eigenvalue weighted by molar-refractivity contribution is 6.30. The fourth-order valence-corrected chi connectivity index (χ4v) is 2.95. The zero-order chi connectivity index (χ0) is 21.8. The topological polar surface area (TPSA) is 58.6 Å². The third-order valence-corrected chi connectivity index (χ3v) is 4.63. The van der Waals surface area contributed by atoms with Crippen molar-refractivity contribution in [3.05, 3.63) is 96.1 Å². The molecule has 158 valence electrons. The van der Waals surface area contributed by atoms with Crippen LogP contribution in [0.4, 0.5) is 4.79 Å². The Morgan fingerprint density at radius 2 is 1.77 bits per heavy atom. The average molecular weight is 427 g/mol. The maximum Gasteiger partial charge on any atom is 0.410 e. The molecule has 2 rings (SSSR count). The number of allylic oxidation sites excluding steroid dienone is 1. The van der Waals surface area contributed by atoms with Crippen LogP contribution in [-0.2, 0) is 16.1 Å². The lowest BCUT2D eigenvalue weighted by atomic mass is 10.1. The Kier molecular flexibility index (Phi) is 9.68. The van der Waals surface area contributed by atoms with Crippen molar-refractivity contribution in [2.45, 2.75) is 25.4 Å². The van der Waals surface area contributed by atoms with Crippen LogP contribution < -0.4 is 5.32 Å². The number of benzene rings is 2. The summed E-state index contributed by atoms with van der Waals surface area (Å²) in [5.41, 5.74) is 1.79. The van der Waals surface area contributed by atoms with Crippen LogP contribution in [-0.4, -0.2) is 30.1 Å². The van der Waals surface area contributed by atoms with Gasteiger partial charge in [-0.3, -0.25) is 4.79 Å². The summed E-state index contributed by atoms with van der Waals surface area (Å²) in [6.07, 6.45) is 3.77. The summed E-state index contributed by atoms with van der Waals surface area (Å²) >= 11 is 5.93. The minimum absolute atomic E-state index is 0.0247. The van der Waals surface area contributed by atoms with Gasteiger partial charge in [0.25, 0.3) is 0 Å². The molecule has 0 fully saturated rings. The second-order valence-electron chi connectivity index (χ2n) is 6.73. The predicted molar refractivity (Wildman–Crippen MR) is 120 cm³/mol. The van der Waals surface area contributed by atoms with E-state index in [4.69, 9.17) is 16.3 Å². The molecule has 0 radical (unpaired) electrons. The molecule has 0 bridgehead atoms. The van der Waals surface area contributed by atoms with Crippen LogP contribution in [0, 0.1) is 0 Å². The first kappa shape index (κ1) is 23.2. The molecule has 0 aliphatic carbocycles. The zero-order valence-electron chi connectivity index (χ0n) is 16.9. The van der Waals surface area contributed by atoms with Gasteiger partial charge in [-0.05, 0) is 29.7 Å². The number of carbonyl (C=O) groups is 2. The lowest BCUT2D eigenvalue weighted by Crippen LogP contribution is -2.36. The van der Waals surface area contributed by atoms with Crippen LogP contribution in [0.25, 0.3) is 0 Å². The molecule has 2 amide bonds. The molecule has 0 aliphatic rings. The van der Waals surface area contributed by atoms with Gasteiger partial charge in [-0.25, -0.2) is 4.79 Å². The van der Waals surface area contributed by atoms with E-state index in [-0.39, 0.29) is 12.5 Å². The molecule has 0 heterocycles. The Morgan fingerprint density at radius 3 is 2.40 bits per heavy atom. The molecule has 1 atom stereocenters. The van der Waals surface area contributed by atoms with Crippen molar-refractivity contribution in [2.75, 3.05) is 13.2 Å². The lowest BCUT2D eigenvalue weighted by molar-refractivity contribution is -0.122. The van der Waals surface area contributed by atoms with Crippen LogP contribution in [0.1, 0.15) is 30.0 Å². The Balaban J connectivity index is 2.03. The molecule has 0 saturated carbocycles. The van der Waals surface area contributed by atoms with Crippen molar-refractivity contribution in [2.24, 2.45) is 0 Å². The summed E-state index contributed by atoms with van der Waals surface area (Å²) in [6, 6.07) is 16.3. The molecular weight excluding hydrogens is 400 g/mol. The Morgan fingerprint density at radius 1 is 1.07 bits per heavy atom. The molecule has 0 aliphatic heterocycles. The number of amides is 2. The summed E-state index contributed by atoms with van der Waals surface area (Å²) in [5, 5.41) is 3.57. The van der Waals surface area contributed by atoms with E-state index < -0.39 is 12.1 Å². The second-order valence-corrected chi connectivity index (χ2v) is 7.17. The average Bonchev–Trinajstić information content (AvgIpc) is 2.76. The fourth-order valence-electron chi connectivity index (χ4n) is 2.82. The van der Waals surface area contributed by atoms with Gasteiger partial charge in [0.15, 0.2) is 0 Å². The number of halogens is 1. The second kappa shape index (κ2) is 12.5.